The molecule has 1 aromatic heterocycles. The summed E-state index contributed by atoms with van der Waals surface area (Å²) < 4.78 is 1.69. The molecule has 5 N–H and O–H groups in total. The molecule has 35 heavy (non-hydrogen) atoms. The molecule has 1 unspecified atom stereocenters. The Balaban J connectivity index is 1.82. The molecule has 0 saturated carbocycles. The summed E-state index contributed by atoms with van der Waals surface area (Å²) >= 11 is 0. The SMILES string of the molecule is C=C/C=C(\C(C)=N)C(=O)Nc1ccc2c(c1)-c1c(c(C(N)=O)nn1-c1ccc(C(C)O)cc1)CC2. The number of allylic oxidation sites excluding steroid dienone is 2. The fourth-order valence-corrected chi connectivity index (χ4v) is 4.28. The van der Waals surface area contributed by atoms with Crippen molar-refractivity contribution in [3.05, 3.63) is 89.2 Å². The number of aliphatic hydroxyl groups is 1. The van der Waals surface area contributed by atoms with E-state index >= 15 is 0 Å². The van der Waals surface area contributed by atoms with Gasteiger partial charge >= 0.3 is 0 Å². The van der Waals surface area contributed by atoms with Gasteiger partial charge in [0.1, 0.15) is 0 Å². The number of primary amides is 1. The van der Waals surface area contributed by atoms with Crippen LogP contribution in [0.5, 0.6) is 0 Å². The highest BCUT2D eigenvalue weighted by molar-refractivity contribution is 6.23. The van der Waals surface area contributed by atoms with Gasteiger partial charge in [-0.1, -0.05) is 30.9 Å². The van der Waals surface area contributed by atoms with Gasteiger partial charge in [0, 0.05) is 22.5 Å². The summed E-state index contributed by atoms with van der Waals surface area (Å²) in [6, 6.07) is 12.9. The van der Waals surface area contributed by atoms with Gasteiger partial charge in [0.2, 0.25) is 0 Å². The monoisotopic (exact) mass is 469 g/mol. The predicted molar refractivity (Wildman–Crippen MR) is 136 cm³/mol. The lowest BCUT2D eigenvalue weighted by atomic mass is 9.88. The molecular formula is C27H27N5O3. The molecule has 0 aliphatic heterocycles. The predicted octanol–water partition coefficient (Wildman–Crippen LogP) is 3.88. The van der Waals surface area contributed by atoms with Gasteiger partial charge in [-0.15, -0.1) is 0 Å². The number of aromatic nitrogens is 2. The Morgan fingerprint density at radius 3 is 2.54 bits per heavy atom. The summed E-state index contributed by atoms with van der Waals surface area (Å²) in [7, 11) is 0. The molecule has 8 nitrogen and oxygen atoms in total. The molecule has 0 bridgehead atoms. The third-order valence-corrected chi connectivity index (χ3v) is 6.04. The Bertz CT molecular complexity index is 1380. The van der Waals surface area contributed by atoms with Crippen LogP contribution in [0.2, 0.25) is 0 Å². The first-order chi connectivity index (χ1) is 16.7. The van der Waals surface area contributed by atoms with Crippen LogP contribution in [-0.4, -0.2) is 32.4 Å². The molecule has 1 atom stereocenters. The standard InChI is InChI=1S/C27H27N5O3/c1-4-5-21(15(2)28)27(35)30-19-10-6-18-9-13-22-24(26(29)34)31-32(25(22)23(18)14-19)20-11-7-17(8-12-20)16(3)33/h4-8,10-12,14,16,28,33H,1,9,13H2,2-3H3,(H2,29,34)(H,30,35)/b21-5+,28-15?. The minimum absolute atomic E-state index is 0.132. The van der Waals surface area contributed by atoms with Gasteiger partial charge in [-0.05, 0) is 68.2 Å². The third kappa shape index (κ3) is 4.56. The molecule has 4 rings (SSSR count). The van der Waals surface area contributed by atoms with Crippen molar-refractivity contribution in [2.75, 3.05) is 5.32 Å². The second-order valence-corrected chi connectivity index (χ2v) is 8.49. The number of carbonyl (C=O) groups is 2. The molecule has 1 aliphatic rings. The van der Waals surface area contributed by atoms with Crippen molar-refractivity contribution in [2.45, 2.75) is 32.8 Å². The van der Waals surface area contributed by atoms with Crippen molar-refractivity contribution >= 4 is 23.2 Å². The number of amides is 2. The first kappa shape index (κ1) is 23.8. The Kier molecular flexibility index (Phi) is 6.48. The number of carbonyl (C=O) groups excluding carboxylic acids is 2. The second-order valence-electron chi connectivity index (χ2n) is 8.49. The molecule has 8 heteroatoms. The first-order valence-corrected chi connectivity index (χ1v) is 11.2. The zero-order valence-electron chi connectivity index (χ0n) is 19.6. The normalized spacial score (nSPS) is 13.4. The number of nitrogens with one attached hydrogen (secondary N) is 2. The van der Waals surface area contributed by atoms with E-state index in [0.29, 0.717) is 18.5 Å². The Morgan fingerprint density at radius 2 is 1.94 bits per heavy atom. The second kappa shape index (κ2) is 9.52. The average Bonchev–Trinajstić information content (AvgIpc) is 3.23. The number of hydrogen-bond acceptors (Lipinski definition) is 5. The van der Waals surface area contributed by atoms with Crippen molar-refractivity contribution < 1.29 is 14.7 Å². The molecule has 178 valence electrons. The van der Waals surface area contributed by atoms with Crippen LogP contribution in [0.25, 0.3) is 16.9 Å². The number of nitrogens with zero attached hydrogens (tertiary/aromatic N) is 2. The van der Waals surface area contributed by atoms with Crippen LogP contribution in [0.3, 0.4) is 0 Å². The number of fused-ring (bicyclic) bond motifs is 3. The average molecular weight is 470 g/mol. The van der Waals surface area contributed by atoms with E-state index in [0.717, 1.165) is 33.6 Å². The minimum atomic E-state index is -0.603. The zero-order valence-corrected chi connectivity index (χ0v) is 19.6. The van der Waals surface area contributed by atoms with Crippen LogP contribution in [0.4, 0.5) is 5.69 Å². The highest BCUT2D eigenvalue weighted by Gasteiger charge is 2.28. The Labute approximate surface area is 203 Å². The highest BCUT2D eigenvalue weighted by atomic mass is 16.3. The zero-order chi connectivity index (χ0) is 25.3. The van der Waals surface area contributed by atoms with E-state index in [1.165, 1.54) is 12.2 Å². The van der Waals surface area contributed by atoms with Gasteiger partial charge in [-0.2, -0.15) is 5.10 Å². The van der Waals surface area contributed by atoms with Crippen molar-refractivity contribution in [1.82, 2.24) is 9.78 Å². The summed E-state index contributed by atoms with van der Waals surface area (Å²) in [4.78, 5) is 25.0. The van der Waals surface area contributed by atoms with E-state index in [4.69, 9.17) is 11.1 Å². The molecule has 0 saturated heterocycles. The van der Waals surface area contributed by atoms with Crippen LogP contribution >= 0.6 is 0 Å². The maximum Gasteiger partial charge on any atom is 0.269 e. The lowest BCUT2D eigenvalue weighted by Crippen LogP contribution is -2.19. The molecule has 1 heterocycles. The quantitative estimate of drug-likeness (QED) is 0.237. The molecule has 1 aliphatic carbocycles. The van der Waals surface area contributed by atoms with Gasteiger partial charge in [0.15, 0.2) is 5.69 Å². The van der Waals surface area contributed by atoms with Crippen molar-refractivity contribution in [3.63, 3.8) is 0 Å². The molecule has 0 spiro atoms. The maximum absolute atomic E-state index is 12.8. The van der Waals surface area contributed by atoms with Gasteiger partial charge in [-0.3, -0.25) is 9.59 Å². The third-order valence-electron chi connectivity index (χ3n) is 6.04. The summed E-state index contributed by atoms with van der Waals surface area (Å²) in [5.41, 5.74) is 11.7. The first-order valence-electron chi connectivity index (χ1n) is 11.2. The number of hydrogen-bond donors (Lipinski definition) is 4. The van der Waals surface area contributed by atoms with Gasteiger partial charge in [-0.25, -0.2) is 4.68 Å². The van der Waals surface area contributed by atoms with E-state index in [9.17, 15) is 14.7 Å². The fourth-order valence-electron chi connectivity index (χ4n) is 4.28. The summed E-state index contributed by atoms with van der Waals surface area (Å²) in [6.45, 7) is 6.85. The highest BCUT2D eigenvalue weighted by Crippen LogP contribution is 2.38. The smallest absolute Gasteiger partial charge is 0.269 e. The van der Waals surface area contributed by atoms with Gasteiger partial charge in [0.05, 0.1) is 23.1 Å². The van der Waals surface area contributed by atoms with E-state index in [2.05, 4.69) is 17.0 Å². The topological polar surface area (TPSA) is 134 Å². The van der Waals surface area contributed by atoms with Crippen LogP contribution < -0.4 is 11.1 Å². The largest absolute Gasteiger partial charge is 0.389 e. The van der Waals surface area contributed by atoms with Crippen LogP contribution in [-0.2, 0) is 17.6 Å². The number of benzene rings is 2. The lowest BCUT2D eigenvalue weighted by molar-refractivity contribution is -0.112. The van der Waals surface area contributed by atoms with Crippen LogP contribution in [0.1, 0.15) is 47.1 Å². The number of anilines is 1. The summed E-state index contributed by atoms with van der Waals surface area (Å²) in [6.07, 6.45) is 3.67. The minimum Gasteiger partial charge on any atom is -0.389 e. The van der Waals surface area contributed by atoms with E-state index in [1.807, 2.05) is 42.5 Å². The molecule has 3 aromatic rings. The summed E-state index contributed by atoms with van der Waals surface area (Å²) in [5, 5.41) is 25.1. The number of aliphatic hydroxyl groups excluding tert-OH is 1. The van der Waals surface area contributed by atoms with Crippen LogP contribution in [0.15, 0.2) is 66.8 Å². The number of rotatable bonds is 7. The molecular weight excluding hydrogens is 442 g/mol. The van der Waals surface area contributed by atoms with Crippen LogP contribution in [0, 0.1) is 5.41 Å². The molecule has 2 amide bonds. The van der Waals surface area contributed by atoms with E-state index < -0.39 is 17.9 Å². The van der Waals surface area contributed by atoms with E-state index in [-0.39, 0.29) is 17.0 Å². The molecule has 2 aromatic carbocycles. The lowest BCUT2D eigenvalue weighted by Gasteiger charge is -2.20. The summed E-state index contributed by atoms with van der Waals surface area (Å²) in [5.74, 6) is -1.01. The van der Waals surface area contributed by atoms with Crippen molar-refractivity contribution in [1.29, 1.82) is 5.41 Å². The fraction of sp³-hybridized carbons (Fsp3) is 0.185. The van der Waals surface area contributed by atoms with Crippen molar-refractivity contribution in [3.8, 4) is 16.9 Å². The molecule has 0 fully saturated rings. The maximum atomic E-state index is 12.8. The van der Waals surface area contributed by atoms with Gasteiger partial charge < -0.3 is 21.6 Å². The Morgan fingerprint density at radius 1 is 1.23 bits per heavy atom. The number of aryl methyl sites for hydroxylation is 1. The Hall–Kier alpha value is -4.30. The van der Waals surface area contributed by atoms with Gasteiger partial charge in [0.25, 0.3) is 11.8 Å². The number of nitrogens with two attached hydrogens (primary N) is 1. The van der Waals surface area contributed by atoms with Crippen molar-refractivity contribution in [2.24, 2.45) is 5.73 Å². The molecule has 0 radical (unpaired) electrons. The van der Waals surface area contributed by atoms with E-state index in [1.54, 1.807) is 18.5 Å².